The van der Waals surface area contributed by atoms with Crippen LogP contribution < -0.4 is 5.32 Å². The van der Waals surface area contributed by atoms with Gasteiger partial charge in [0, 0.05) is 13.1 Å². The van der Waals surface area contributed by atoms with Gasteiger partial charge in [-0.2, -0.15) is 0 Å². The first kappa shape index (κ1) is 6.66. The second kappa shape index (κ2) is 2.54. The lowest BCUT2D eigenvalue weighted by Gasteiger charge is -2.32. The molecule has 2 aliphatic rings. The molecule has 1 saturated heterocycles. The fourth-order valence-electron chi connectivity index (χ4n) is 2.49. The highest BCUT2D eigenvalue weighted by Gasteiger charge is 2.34. The Morgan fingerprint density at radius 1 is 0.800 bits per heavy atom. The number of piperidine rings is 1. The van der Waals surface area contributed by atoms with E-state index >= 15 is 0 Å². The van der Waals surface area contributed by atoms with Crippen molar-refractivity contribution in [3.63, 3.8) is 0 Å². The van der Waals surface area contributed by atoms with Gasteiger partial charge in [-0.05, 0) is 31.1 Å². The summed E-state index contributed by atoms with van der Waals surface area (Å²) in [5, 5.41) is 4.40. The molecule has 1 spiro atoms. The second-order valence-corrected chi connectivity index (χ2v) is 3.88. The summed E-state index contributed by atoms with van der Waals surface area (Å²) in [5.41, 5.74) is 0.780. The van der Waals surface area contributed by atoms with E-state index in [2.05, 4.69) is 5.32 Å². The number of nitrogens with zero attached hydrogens (tertiary/aromatic N) is 1. The van der Waals surface area contributed by atoms with Gasteiger partial charge < -0.3 is 0 Å². The van der Waals surface area contributed by atoms with Gasteiger partial charge in [0.05, 0.1) is 0 Å². The van der Waals surface area contributed by atoms with Crippen LogP contribution in [-0.2, 0) is 0 Å². The van der Waals surface area contributed by atoms with E-state index in [1.54, 1.807) is 0 Å². The summed E-state index contributed by atoms with van der Waals surface area (Å²) < 4.78 is 0. The highest BCUT2D eigenvalue weighted by Crippen LogP contribution is 2.44. The molecule has 1 nitrogen and oxygen atoms in total. The van der Waals surface area contributed by atoms with Crippen molar-refractivity contribution in [2.45, 2.75) is 38.5 Å². The molecule has 1 radical (unpaired) electrons. The molecule has 0 amide bonds. The lowest BCUT2D eigenvalue weighted by atomic mass is 9.78. The molecule has 2 fully saturated rings. The molecule has 1 aliphatic heterocycles. The average Bonchev–Trinajstić information content (AvgIpc) is 2.39. The molecule has 1 heterocycles. The maximum atomic E-state index is 4.40. The highest BCUT2D eigenvalue weighted by atomic mass is 14.9. The van der Waals surface area contributed by atoms with Crippen LogP contribution in [0.3, 0.4) is 0 Å². The van der Waals surface area contributed by atoms with Gasteiger partial charge in [-0.25, -0.2) is 5.32 Å². The Morgan fingerprint density at radius 3 is 2.00 bits per heavy atom. The van der Waals surface area contributed by atoms with Crippen molar-refractivity contribution in [1.82, 2.24) is 5.32 Å². The van der Waals surface area contributed by atoms with Crippen molar-refractivity contribution in [2.75, 3.05) is 13.1 Å². The van der Waals surface area contributed by atoms with Gasteiger partial charge in [-0.1, -0.05) is 12.8 Å². The maximum Gasteiger partial charge on any atom is 0.0138 e. The van der Waals surface area contributed by atoms with Gasteiger partial charge in [0.1, 0.15) is 0 Å². The number of hydrogen-bond donors (Lipinski definition) is 0. The summed E-state index contributed by atoms with van der Waals surface area (Å²) in [7, 11) is 0. The van der Waals surface area contributed by atoms with Crippen molar-refractivity contribution >= 4 is 0 Å². The van der Waals surface area contributed by atoms with Crippen LogP contribution in [0.25, 0.3) is 0 Å². The van der Waals surface area contributed by atoms with E-state index in [1.165, 1.54) is 38.5 Å². The molecule has 57 valence electrons. The quantitative estimate of drug-likeness (QED) is 0.485. The van der Waals surface area contributed by atoms with Gasteiger partial charge in [0.2, 0.25) is 0 Å². The Balaban J connectivity index is 1.98. The van der Waals surface area contributed by atoms with Crippen LogP contribution in [0, 0.1) is 5.41 Å². The van der Waals surface area contributed by atoms with Crippen LogP contribution in [0.15, 0.2) is 0 Å². The minimum absolute atomic E-state index is 0.780. The third-order valence-corrected chi connectivity index (χ3v) is 3.26. The fourth-order valence-corrected chi connectivity index (χ4v) is 2.49. The molecule has 0 aromatic rings. The minimum atomic E-state index is 0.780. The zero-order chi connectivity index (χ0) is 6.86. The van der Waals surface area contributed by atoms with E-state index in [-0.39, 0.29) is 0 Å². The van der Waals surface area contributed by atoms with Crippen LogP contribution in [-0.4, -0.2) is 13.1 Å². The van der Waals surface area contributed by atoms with Crippen molar-refractivity contribution in [2.24, 2.45) is 5.41 Å². The fraction of sp³-hybridized carbons (Fsp3) is 1.00. The summed E-state index contributed by atoms with van der Waals surface area (Å²) in [6, 6.07) is 0. The third kappa shape index (κ3) is 1.07. The van der Waals surface area contributed by atoms with E-state index < -0.39 is 0 Å². The summed E-state index contributed by atoms with van der Waals surface area (Å²) in [6.07, 6.45) is 8.77. The van der Waals surface area contributed by atoms with E-state index in [4.69, 9.17) is 0 Å². The van der Waals surface area contributed by atoms with Gasteiger partial charge >= 0.3 is 0 Å². The highest BCUT2D eigenvalue weighted by molar-refractivity contribution is 4.88. The molecular weight excluding hydrogens is 122 g/mol. The molecule has 0 N–H and O–H groups in total. The standard InChI is InChI=1S/C9H16N/c1-2-4-9(3-1)5-7-10-8-6-9/h1-8H2. The lowest BCUT2D eigenvalue weighted by Crippen LogP contribution is -2.30. The molecule has 2 rings (SSSR count). The molecule has 0 unspecified atom stereocenters. The Kier molecular flexibility index (Phi) is 1.69. The van der Waals surface area contributed by atoms with E-state index in [9.17, 15) is 0 Å². The van der Waals surface area contributed by atoms with Gasteiger partial charge in [-0.15, -0.1) is 0 Å². The van der Waals surface area contributed by atoms with Gasteiger partial charge in [-0.3, -0.25) is 0 Å². The largest absolute Gasteiger partial charge is 0.242 e. The summed E-state index contributed by atoms with van der Waals surface area (Å²) in [5.74, 6) is 0. The van der Waals surface area contributed by atoms with E-state index in [0.717, 1.165) is 18.5 Å². The normalized spacial score (nSPS) is 31.2. The van der Waals surface area contributed by atoms with Crippen LogP contribution >= 0.6 is 0 Å². The van der Waals surface area contributed by atoms with Crippen LogP contribution in [0.5, 0.6) is 0 Å². The summed E-state index contributed by atoms with van der Waals surface area (Å²) in [4.78, 5) is 0. The zero-order valence-corrected chi connectivity index (χ0v) is 6.60. The number of hydrogen-bond acceptors (Lipinski definition) is 0. The van der Waals surface area contributed by atoms with Crippen molar-refractivity contribution in [1.29, 1.82) is 0 Å². The SMILES string of the molecule is C1CCC2(C1)CC[N]CC2. The molecule has 10 heavy (non-hydrogen) atoms. The predicted octanol–water partition coefficient (Wildman–Crippen LogP) is 1.95. The van der Waals surface area contributed by atoms with E-state index in [1.807, 2.05) is 0 Å². The molecule has 0 aromatic heterocycles. The molecule has 1 saturated carbocycles. The van der Waals surface area contributed by atoms with Gasteiger partial charge in [0.15, 0.2) is 0 Å². The molecular formula is C9H16N. The van der Waals surface area contributed by atoms with Crippen molar-refractivity contribution in [3.05, 3.63) is 0 Å². The smallest absolute Gasteiger partial charge is 0.0138 e. The third-order valence-electron chi connectivity index (χ3n) is 3.26. The Hall–Kier alpha value is -0.0400. The molecule has 0 aromatic carbocycles. The maximum absolute atomic E-state index is 4.40. The predicted molar refractivity (Wildman–Crippen MR) is 42.0 cm³/mol. The van der Waals surface area contributed by atoms with Crippen molar-refractivity contribution in [3.8, 4) is 0 Å². The summed E-state index contributed by atoms with van der Waals surface area (Å²) in [6.45, 7) is 2.31. The Labute approximate surface area is 63.2 Å². The molecule has 0 bridgehead atoms. The molecule has 1 aliphatic carbocycles. The zero-order valence-electron chi connectivity index (χ0n) is 6.60. The minimum Gasteiger partial charge on any atom is -0.242 e. The summed E-state index contributed by atoms with van der Waals surface area (Å²) >= 11 is 0. The first-order valence-corrected chi connectivity index (χ1v) is 4.55. The topological polar surface area (TPSA) is 14.1 Å². The first-order valence-electron chi connectivity index (χ1n) is 4.55. The van der Waals surface area contributed by atoms with E-state index in [0.29, 0.717) is 0 Å². The van der Waals surface area contributed by atoms with Crippen LogP contribution in [0.2, 0.25) is 0 Å². The van der Waals surface area contributed by atoms with Crippen LogP contribution in [0.4, 0.5) is 0 Å². The molecule has 0 atom stereocenters. The Morgan fingerprint density at radius 2 is 1.40 bits per heavy atom. The lowest BCUT2D eigenvalue weighted by molar-refractivity contribution is 0.207. The first-order chi connectivity index (χ1) is 4.91. The Bertz CT molecular complexity index is 106. The van der Waals surface area contributed by atoms with Crippen LogP contribution in [0.1, 0.15) is 38.5 Å². The number of rotatable bonds is 0. The second-order valence-electron chi connectivity index (χ2n) is 3.88. The van der Waals surface area contributed by atoms with Crippen molar-refractivity contribution < 1.29 is 0 Å². The average molecular weight is 138 g/mol. The van der Waals surface area contributed by atoms with Gasteiger partial charge in [0.25, 0.3) is 0 Å². The monoisotopic (exact) mass is 138 g/mol. The molecule has 1 heteroatoms.